The molecule has 35 heavy (non-hydrogen) atoms. The van der Waals surface area contributed by atoms with Gasteiger partial charge in [0.2, 0.25) is 0 Å². The van der Waals surface area contributed by atoms with E-state index < -0.39 is 35.7 Å². The molecule has 1 aliphatic carbocycles. The van der Waals surface area contributed by atoms with Crippen molar-refractivity contribution in [2.75, 3.05) is 26.4 Å². The molecule has 184 valence electrons. The van der Waals surface area contributed by atoms with Gasteiger partial charge in [0.1, 0.15) is 12.1 Å². The zero-order chi connectivity index (χ0) is 24.4. The third-order valence-electron chi connectivity index (χ3n) is 7.12. The maximum Gasteiger partial charge on any atom is 0.407 e. The van der Waals surface area contributed by atoms with Crippen molar-refractivity contribution < 1.29 is 33.7 Å². The fraction of sp³-hybridized carbons (Fsp3) is 0.423. The fourth-order valence-electron chi connectivity index (χ4n) is 5.21. The lowest BCUT2D eigenvalue weighted by Gasteiger charge is -2.35. The zero-order valence-corrected chi connectivity index (χ0v) is 19.2. The molecule has 2 aromatic carbocycles. The lowest BCUT2D eigenvalue weighted by Crippen LogP contribution is -2.61. The van der Waals surface area contributed by atoms with Crippen LogP contribution >= 0.6 is 0 Å². The third-order valence-corrected chi connectivity index (χ3v) is 7.12. The van der Waals surface area contributed by atoms with Gasteiger partial charge in [0.15, 0.2) is 6.10 Å². The predicted octanol–water partition coefficient (Wildman–Crippen LogP) is 2.43. The molecule has 2 amide bonds. The molecule has 5 rings (SSSR count). The van der Waals surface area contributed by atoms with Crippen LogP contribution < -0.4 is 10.6 Å². The minimum Gasteiger partial charge on any atom is -0.480 e. The van der Waals surface area contributed by atoms with E-state index in [2.05, 4.69) is 22.8 Å². The van der Waals surface area contributed by atoms with Crippen molar-refractivity contribution in [3.05, 3.63) is 59.7 Å². The third kappa shape index (κ3) is 4.49. The molecule has 0 unspecified atom stereocenters. The number of carboxylic acid groups (broad SMARTS) is 1. The molecule has 2 aliphatic heterocycles. The van der Waals surface area contributed by atoms with Crippen molar-refractivity contribution in [2.45, 2.75) is 42.9 Å². The first kappa shape index (κ1) is 23.3. The van der Waals surface area contributed by atoms with Crippen molar-refractivity contribution in [1.29, 1.82) is 0 Å². The molecule has 2 atom stereocenters. The quantitative estimate of drug-likeness (QED) is 0.580. The van der Waals surface area contributed by atoms with Gasteiger partial charge in [-0.1, -0.05) is 48.5 Å². The average molecular weight is 481 g/mol. The molecule has 0 bridgehead atoms. The molecule has 0 aromatic heterocycles. The molecule has 9 heteroatoms. The standard InChI is InChI=1S/C26H28N2O7/c29-23(28-26(24(30)31)10-13-33-14-11-26)22-21(9-12-34-22)27-25(32)35-15-20-18-7-3-1-5-16(18)17-6-2-4-8-19(17)20/h1-8,20-22H,9-15H2,(H,27,32)(H,28,29)(H,30,31)/t21-,22+/m1/s1. The first-order chi connectivity index (χ1) is 17.0. The van der Waals surface area contributed by atoms with E-state index in [0.29, 0.717) is 6.42 Å². The summed E-state index contributed by atoms with van der Waals surface area (Å²) in [5.74, 6) is -1.74. The zero-order valence-electron chi connectivity index (χ0n) is 19.2. The highest BCUT2D eigenvalue weighted by Gasteiger charge is 2.45. The molecular formula is C26H28N2O7. The van der Waals surface area contributed by atoms with Gasteiger partial charge in [0.25, 0.3) is 5.91 Å². The number of carbonyl (C=O) groups is 3. The van der Waals surface area contributed by atoms with Crippen LogP contribution in [0.3, 0.4) is 0 Å². The monoisotopic (exact) mass is 480 g/mol. The van der Waals surface area contributed by atoms with Gasteiger partial charge in [-0.2, -0.15) is 0 Å². The Kier molecular flexibility index (Phi) is 6.44. The Morgan fingerprint density at radius 2 is 1.60 bits per heavy atom. The summed E-state index contributed by atoms with van der Waals surface area (Å²) in [5.41, 5.74) is 3.10. The molecule has 3 aliphatic rings. The summed E-state index contributed by atoms with van der Waals surface area (Å²) in [6.07, 6.45) is -0.865. The van der Waals surface area contributed by atoms with Gasteiger partial charge in [-0.05, 0) is 28.7 Å². The van der Waals surface area contributed by atoms with Gasteiger partial charge < -0.3 is 30.0 Å². The van der Waals surface area contributed by atoms with Crippen LogP contribution in [0.1, 0.15) is 36.3 Å². The molecule has 0 spiro atoms. The van der Waals surface area contributed by atoms with Gasteiger partial charge in [0, 0.05) is 38.6 Å². The summed E-state index contributed by atoms with van der Waals surface area (Å²) in [6, 6.07) is 15.5. The Labute approximate surface area is 202 Å². The van der Waals surface area contributed by atoms with E-state index in [1.807, 2.05) is 36.4 Å². The molecule has 0 radical (unpaired) electrons. The molecule has 2 fully saturated rings. The number of carboxylic acids is 1. The molecule has 3 N–H and O–H groups in total. The van der Waals surface area contributed by atoms with Gasteiger partial charge in [-0.15, -0.1) is 0 Å². The Morgan fingerprint density at radius 3 is 2.23 bits per heavy atom. The van der Waals surface area contributed by atoms with Crippen molar-refractivity contribution in [3.63, 3.8) is 0 Å². The number of carbonyl (C=O) groups excluding carboxylic acids is 2. The second-order valence-electron chi connectivity index (χ2n) is 9.15. The Morgan fingerprint density at radius 1 is 0.971 bits per heavy atom. The van der Waals surface area contributed by atoms with Crippen molar-refractivity contribution in [1.82, 2.24) is 10.6 Å². The normalized spacial score (nSPS) is 22.6. The van der Waals surface area contributed by atoms with Crippen LogP contribution in [0, 0.1) is 0 Å². The fourth-order valence-corrected chi connectivity index (χ4v) is 5.21. The van der Waals surface area contributed by atoms with Crippen molar-refractivity contribution in [3.8, 4) is 11.1 Å². The number of aliphatic carboxylic acids is 1. The van der Waals surface area contributed by atoms with E-state index in [0.717, 1.165) is 22.3 Å². The van der Waals surface area contributed by atoms with Crippen molar-refractivity contribution >= 4 is 18.0 Å². The van der Waals surface area contributed by atoms with Gasteiger partial charge in [-0.25, -0.2) is 9.59 Å². The van der Waals surface area contributed by atoms with Crippen LogP contribution in [0.2, 0.25) is 0 Å². The number of hydrogen-bond acceptors (Lipinski definition) is 6. The second-order valence-corrected chi connectivity index (χ2v) is 9.15. The SMILES string of the molecule is O=C(N[C@@H]1CCO[C@@H]1C(=O)NC1(C(=O)O)CCOCC1)OCC1c2ccccc2-c2ccccc21. The topological polar surface area (TPSA) is 123 Å². The van der Waals surface area contributed by atoms with Gasteiger partial charge in [-0.3, -0.25) is 4.79 Å². The summed E-state index contributed by atoms with van der Waals surface area (Å²) in [6.45, 7) is 0.932. The lowest BCUT2D eigenvalue weighted by atomic mass is 9.89. The highest BCUT2D eigenvalue weighted by atomic mass is 16.6. The number of ether oxygens (including phenoxy) is 3. The smallest absolute Gasteiger partial charge is 0.407 e. The maximum atomic E-state index is 12.9. The van der Waals surface area contributed by atoms with Crippen molar-refractivity contribution in [2.24, 2.45) is 0 Å². The van der Waals surface area contributed by atoms with E-state index in [1.165, 1.54) is 0 Å². The van der Waals surface area contributed by atoms with Crippen LogP contribution in [0.4, 0.5) is 4.79 Å². The van der Waals surface area contributed by atoms with Crippen LogP contribution in [0.25, 0.3) is 11.1 Å². The van der Waals surface area contributed by atoms with Gasteiger partial charge >= 0.3 is 12.1 Å². The summed E-state index contributed by atoms with van der Waals surface area (Å²) >= 11 is 0. The van der Waals surface area contributed by atoms with Crippen LogP contribution in [-0.4, -0.2) is 67.2 Å². The van der Waals surface area contributed by atoms with E-state index in [-0.39, 0.29) is 45.2 Å². The molecule has 2 heterocycles. The summed E-state index contributed by atoms with van der Waals surface area (Å²) in [4.78, 5) is 37.5. The molecule has 2 saturated heterocycles. The Bertz CT molecular complexity index is 1080. The predicted molar refractivity (Wildman–Crippen MR) is 125 cm³/mol. The number of benzene rings is 2. The molecular weight excluding hydrogens is 452 g/mol. The van der Waals surface area contributed by atoms with Crippen LogP contribution in [-0.2, 0) is 23.8 Å². The second kappa shape index (κ2) is 9.67. The van der Waals surface area contributed by atoms with E-state index in [9.17, 15) is 19.5 Å². The lowest BCUT2D eigenvalue weighted by molar-refractivity contribution is -0.154. The average Bonchev–Trinajstić information content (AvgIpc) is 3.46. The summed E-state index contributed by atoms with van der Waals surface area (Å²) in [7, 11) is 0. The van der Waals surface area contributed by atoms with E-state index in [1.54, 1.807) is 0 Å². The number of amides is 2. The van der Waals surface area contributed by atoms with Crippen LogP contribution in [0.5, 0.6) is 0 Å². The Hall–Kier alpha value is -3.43. The molecule has 9 nitrogen and oxygen atoms in total. The summed E-state index contributed by atoms with van der Waals surface area (Å²) < 4.78 is 16.4. The van der Waals surface area contributed by atoms with E-state index in [4.69, 9.17) is 14.2 Å². The number of hydrogen-bond donors (Lipinski definition) is 3. The first-order valence-corrected chi connectivity index (χ1v) is 11.8. The summed E-state index contributed by atoms with van der Waals surface area (Å²) in [5, 5.41) is 15.1. The highest BCUT2D eigenvalue weighted by Crippen LogP contribution is 2.44. The molecule has 0 saturated carbocycles. The molecule has 2 aromatic rings. The Balaban J connectivity index is 1.21. The minimum atomic E-state index is -1.39. The minimum absolute atomic E-state index is 0.0731. The first-order valence-electron chi connectivity index (χ1n) is 11.8. The number of alkyl carbamates (subject to hydrolysis) is 1. The number of nitrogens with one attached hydrogen (secondary N) is 2. The van der Waals surface area contributed by atoms with Crippen LogP contribution in [0.15, 0.2) is 48.5 Å². The largest absolute Gasteiger partial charge is 0.480 e. The number of fused-ring (bicyclic) bond motifs is 3. The number of rotatable bonds is 6. The van der Waals surface area contributed by atoms with Gasteiger partial charge in [0.05, 0.1) is 6.04 Å². The maximum absolute atomic E-state index is 12.9. The van der Waals surface area contributed by atoms with E-state index >= 15 is 0 Å². The highest BCUT2D eigenvalue weighted by molar-refractivity contribution is 5.90.